The van der Waals surface area contributed by atoms with Crippen molar-refractivity contribution in [1.82, 2.24) is 4.31 Å². The Kier molecular flexibility index (Phi) is 7.77. The van der Waals surface area contributed by atoms with Gasteiger partial charge >= 0.3 is 0 Å². The Labute approximate surface area is 202 Å². The summed E-state index contributed by atoms with van der Waals surface area (Å²) in [6, 6.07) is 17.8. The minimum absolute atomic E-state index is 0.0373. The second kappa shape index (κ2) is 10.2. The quantitative estimate of drug-likeness (QED) is 0.412. The molecular formula is C24H24BrClN2O3S. The number of carbonyl (C=O) groups excluding carboxylic acids is 1. The molecular weight excluding hydrogens is 512 g/mol. The number of carbonyl (C=O) groups is 1. The third-order valence-corrected chi connectivity index (χ3v) is 7.98. The molecule has 0 radical (unpaired) electrons. The maximum absolute atomic E-state index is 13.7. The van der Waals surface area contributed by atoms with Crippen molar-refractivity contribution in [2.24, 2.45) is 0 Å². The first-order chi connectivity index (χ1) is 15.1. The highest BCUT2D eigenvalue weighted by atomic mass is 79.9. The van der Waals surface area contributed by atoms with Crippen LogP contribution >= 0.6 is 27.5 Å². The molecule has 8 heteroatoms. The fraction of sp³-hybridized carbons (Fsp3) is 0.208. The van der Waals surface area contributed by atoms with Gasteiger partial charge in [-0.15, -0.1) is 0 Å². The summed E-state index contributed by atoms with van der Waals surface area (Å²) >= 11 is 9.37. The molecule has 32 heavy (non-hydrogen) atoms. The first-order valence-electron chi connectivity index (χ1n) is 9.95. The molecule has 1 amide bonds. The number of hydrogen-bond donors (Lipinski definition) is 1. The average molecular weight is 536 g/mol. The van der Waals surface area contributed by atoms with Crippen LogP contribution in [0.2, 0.25) is 5.02 Å². The molecule has 0 spiro atoms. The number of anilines is 1. The van der Waals surface area contributed by atoms with Crippen LogP contribution < -0.4 is 5.32 Å². The molecule has 0 aliphatic carbocycles. The van der Waals surface area contributed by atoms with Gasteiger partial charge in [0, 0.05) is 16.0 Å². The molecule has 0 unspecified atom stereocenters. The van der Waals surface area contributed by atoms with Gasteiger partial charge in [-0.1, -0.05) is 53.6 Å². The van der Waals surface area contributed by atoms with Crippen LogP contribution in [0.3, 0.4) is 0 Å². The van der Waals surface area contributed by atoms with Crippen LogP contribution in [0.4, 0.5) is 5.69 Å². The normalized spacial score (nSPS) is 11.6. The summed E-state index contributed by atoms with van der Waals surface area (Å²) < 4.78 is 29.4. The summed E-state index contributed by atoms with van der Waals surface area (Å²) in [5.41, 5.74) is 3.58. The fourth-order valence-electron chi connectivity index (χ4n) is 3.63. The summed E-state index contributed by atoms with van der Waals surface area (Å²) in [5, 5.41) is 3.34. The van der Waals surface area contributed by atoms with Gasteiger partial charge < -0.3 is 5.32 Å². The minimum atomic E-state index is -3.96. The van der Waals surface area contributed by atoms with E-state index in [1.165, 1.54) is 4.31 Å². The van der Waals surface area contributed by atoms with E-state index in [1.807, 2.05) is 25.1 Å². The molecule has 0 aliphatic heterocycles. The summed E-state index contributed by atoms with van der Waals surface area (Å²) in [5.74, 6) is -0.433. The van der Waals surface area contributed by atoms with E-state index in [-0.39, 0.29) is 18.0 Å². The summed E-state index contributed by atoms with van der Waals surface area (Å²) in [4.78, 5) is 13.1. The average Bonchev–Trinajstić information content (AvgIpc) is 2.70. The molecule has 0 fully saturated rings. The lowest BCUT2D eigenvalue weighted by Crippen LogP contribution is -2.38. The zero-order valence-electron chi connectivity index (χ0n) is 18.0. The van der Waals surface area contributed by atoms with Crippen molar-refractivity contribution in [1.29, 1.82) is 0 Å². The maximum atomic E-state index is 13.7. The molecule has 0 aromatic heterocycles. The van der Waals surface area contributed by atoms with Crippen molar-refractivity contribution >= 4 is 49.1 Å². The van der Waals surface area contributed by atoms with E-state index in [4.69, 9.17) is 11.6 Å². The van der Waals surface area contributed by atoms with Gasteiger partial charge in [0.25, 0.3) is 0 Å². The van der Waals surface area contributed by atoms with E-state index in [2.05, 4.69) is 21.2 Å². The molecule has 0 aliphatic rings. The van der Waals surface area contributed by atoms with Crippen LogP contribution in [0, 0.1) is 20.8 Å². The van der Waals surface area contributed by atoms with Crippen LogP contribution in [0.15, 0.2) is 70.0 Å². The van der Waals surface area contributed by atoms with Gasteiger partial charge in [0.05, 0.1) is 17.1 Å². The predicted molar refractivity (Wildman–Crippen MR) is 132 cm³/mol. The van der Waals surface area contributed by atoms with Crippen molar-refractivity contribution in [3.05, 3.63) is 92.4 Å². The third-order valence-electron chi connectivity index (χ3n) is 4.94. The first kappa shape index (κ1) is 24.5. The number of nitrogens with one attached hydrogen (secondary N) is 1. The highest BCUT2D eigenvalue weighted by Gasteiger charge is 2.30. The maximum Gasteiger partial charge on any atom is 0.244 e. The van der Waals surface area contributed by atoms with Crippen LogP contribution in [0.5, 0.6) is 0 Å². The van der Waals surface area contributed by atoms with Gasteiger partial charge in [0.2, 0.25) is 15.9 Å². The standard InChI is InChI=1S/C24H24BrClN2O3S/c1-16-12-17(2)24(18(3)13-16)32(30,31)28(14-19-8-10-20(26)11-9-19)15-23(29)27-22-7-5-4-6-21(22)25/h4-13H,14-15H2,1-3H3,(H,27,29). The first-order valence-corrected chi connectivity index (χ1v) is 12.6. The Hall–Kier alpha value is -2.19. The second-order valence-corrected chi connectivity index (χ2v) is 10.8. The number of halogens is 2. The van der Waals surface area contributed by atoms with Gasteiger partial charge in [-0.3, -0.25) is 4.79 Å². The summed E-state index contributed by atoms with van der Waals surface area (Å²) in [6.07, 6.45) is 0. The Morgan fingerprint density at radius 2 is 1.59 bits per heavy atom. The number of para-hydroxylation sites is 1. The minimum Gasteiger partial charge on any atom is -0.324 e. The predicted octanol–water partition coefficient (Wildman–Crippen LogP) is 5.86. The van der Waals surface area contributed by atoms with Gasteiger partial charge in [-0.2, -0.15) is 4.31 Å². The van der Waals surface area contributed by atoms with Gasteiger partial charge in [-0.05, 0) is 77.7 Å². The van der Waals surface area contributed by atoms with E-state index in [1.54, 1.807) is 56.3 Å². The zero-order valence-corrected chi connectivity index (χ0v) is 21.2. The van der Waals surface area contributed by atoms with Crippen LogP contribution in [0.1, 0.15) is 22.3 Å². The van der Waals surface area contributed by atoms with Crippen molar-refractivity contribution in [3.63, 3.8) is 0 Å². The third kappa shape index (κ3) is 5.78. The molecule has 168 valence electrons. The summed E-state index contributed by atoms with van der Waals surface area (Å²) in [7, 11) is -3.96. The van der Waals surface area contributed by atoms with Crippen LogP contribution in [-0.4, -0.2) is 25.2 Å². The second-order valence-electron chi connectivity index (χ2n) is 7.66. The summed E-state index contributed by atoms with van der Waals surface area (Å²) in [6.45, 7) is 5.17. The van der Waals surface area contributed by atoms with Crippen molar-refractivity contribution < 1.29 is 13.2 Å². The van der Waals surface area contributed by atoms with E-state index in [0.29, 0.717) is 26.3 Å². The Morgan fingerprint density at radius 3 is 2.19 bits per heavy atom. The number of hydrogen-bond acceptors (Lipinski definition) is 3. The molecule has 0 heterocycles. The van der Waals surface area contributed by atoms with Crippen molar-refractivity contribution in [3.8, 4) is 0 Å². The lowest BCUT2D eigenvalue weighted by molar-refractivity contribution is -0.116. The van der Waals surface area contributed by atoms with Gasteiger partial charge in [-0.25, -0.2) is 8.42 Å². The number of aryl methyl sites for hydroxylation is 3. The molecule has 0 atom stereocenters. The molecule has 1 N–H and O–H groups in total. The number of rotatable bonds is 7. The smallest absolute Gasteiger partial charge is 0.244 e. The molecule has 3 rings (SSSR count). The molecule has 3 aromatic rings. The highest BCUT2D eigenvalue weighted by Crippen LogP contribution is 2.27. The van der Waals surface area contributed by atoms with Gasteiger partial charge in [0.15, 0.2) is 0 Å². The number of amides is 1. The van der Waals surface area contributed by atoms with Crippen molar-refractivity contribution in [2.45, 2.75) is 32.2 Å². The molecule has 5 nitrogen and oxygen atoms in total. The molecule has 0 bridgehead atoms. The Morgan fingerprint density at radius 1 is 1.00 bits per heavy atom. The van der Waals surface area contributed by atoms with Crippen LogP contribution in [0.25, 0.3) is 0 Å². The topological polar surface area (TPSA) is 66.5 Å². The van der Waals surface area contributed by atoms with E-state index in [0.717, 1.165) is 11.1 Å². The van der Waals surface area contributed by atoms with Crippen LogP contribution in [-0.2, 0) is 21.4 Å². The van der Waals surface area contributed by atoms with Gasteiger partial charge in [0.1, 0.15) is 0 Å². The Balaban J connectivity index is 1.97. The molecule has 0 saturated carbocycles. The SMILES string of the molecule is Cc1cc(C)c(S(=O)(=O)N(CC(=O)Nc2ccccc2Br)Cc2ccc(Cl)cc2)c(C)c1. The lowest BCUT2D eigenvalue weighted by Gasteiger charge is -2.24. The largest absolute Gasteiger partial charge is 0.324 e. The monoisotopic (exact) mass is 534 g/mol. The van der Waals surface area contributed by atoms with Crippen molar-refractivity contribution in [2.75, 3.05) is 11.9 Å². The van der Waals surface area contributed by atoms with E-state index >= 15 is 0 Å². The number of nitrogens with zero attached hydrogens (tertiary/aromatic N) is 1. The highest BCUT2D eigenvalue weighted by molar-refractivity contribution is 9.10. The fourth-order valence-corrected chi connectivity index (χ4v) is 5.94. The number of sulfonamides is 1. The Bertz CT molecular complexity index is 1220. The van der Waals surface area contributed by atoms with E-state index in [9.17, 15) is 13.2 Å². The molecule has 0 saturated heterocycles. The van der Waals surface area contributed by atoms with E-state index < -0.39 is 15.9 Å². The lowest BCUT2D eigenvalue weighted by atomic mass is 10.1. The molecule has 3 aromatic carbocycles. The zero-order chi connectivity index (χ0) is 23.5. The number of benzene rings is 3.